The maximum atomic E-state index is 6.02. The standard InChI is InChI=1S/C10H10Cl2N2S/c11-9-2-1-8(10(12)5-9)6-13-14-3-4-15-7-14/h1-2,5-6H,3-4,7H2. The zero-order valence-corrected chi connectivity index (χ0v) is 10.3. The molecule has 0 aliphatic carbocycles. The highest BCUT2D eigenvalue weighted by molar-refractivity contribution is 7.99. The van der Waals surface area contributed by atoms with Crippen LogP contribution in [-0.4, -0.2) is 29.4 Å². The highest BCUT2D eigenvalue weighted by atomic mass is 35.5. The van der Waals surface area contributed by atoms with Crippen molar-refractivity contribution in [3.63, 3.8) is 0 Å². The molecule has 0 unspecified atom stereocenters. The van der Waals surface area contributed by atoms with Crippen LogP contribution in [0.25, 0.3) is 0 Å². The van der Waals surface area contributed by atoms with Gasteiger partial charge in [-0.3, -0.25) is 5.01 Å². The van der Waals surface area contributed by atoms with Gasteiger partial charge in [-0.05, 0) is 12.1 Å². The van der Waals surface area contributed by atoms with Crippen LogP contribution in [0.15, 0.2) is 23.3 Å². The molecule has 1 aliphatic heterocycles. The first-order valence-corrected chi connectivity index (χ1v) is 6.48. The Labute approximate surface area is 103 Å². The van der Waals surface area contributed by atoms with Crippen molar-refractivity contribution in [2.24, 2.45) is 5.10 Å². The van der Waals surface area contributed by atoms with E-state index < -0.39 is 0 Å². The van der Waals surface area contributed by atoms with Gasteiger partial charge in [0, 0.05) is 22.9 Å². The number of rotatable bonds is 2. The lowest BCUT2D eigenvalue weighted by Crippen LogP contribution is -2.11. The van der Waals surface area contributed by atoms with Gasteiger partial charge in [-0.15, -0.1) is 11.8 Å². The van der Waals surface area contributed by atoms with Crippen LogP contribution in [0.4, 0.5) is 0 Å². The number of hydrogen-bond donors (Lipinski definition) is 0. The van der Waals surface area contributed by atoms with E-state index >= 15 is 0 Å². The van der Waals surface area contributed by atoms with Gasteiger partial charge in [0.15, 0.2) is 0 Å². The molecule has 0 spiro atoms. The van der Waals surface area contributed by atoms with E-state index in [-0.39, 0.29) is 0 Å². The maximum Gasteiger partial charge on any atom is 0.0815 e. The average Bonchev–Trinajstić information content (AvgIpc) is 2.69. The number of hydrazone groups is 1. The van der Waals surface area contributed by atoms with E-state index in [1.807, 2.05) is 28.9 Å². The Hall–Kier alpha value is -0.380. The maximum absolute atomic E-state index is 6.02. The Kier molecular flexibility index (Phi) is 3.78. The molecular formula is C10H10Cl2N2S. The van der Waals surface area contributed by atoms with Crippen molar-refractivity contribution in [2.45, 2.75) is 0 Å². The number of nitrogens with zero attached hydrogens (tertiary/aromatic N) is 2. The second-order valence-electron chi connectivity index (χ2n) is 3.18. The minimum Gasteiger partial charge on any atom is -0.286 e. The van der Waals surface area contributed by atoms with Crippen LogP contribution >= 0.6 is 35.0 Å². The molecule has 1 aliphatic rings. The third-order valence-corrected chi connectivity index (χ3v) is 3.57. The van der Waals surface area contributed by atoms with Crippen LogP contribution in [0.5, 0.6) is 0 Å². The first-order chi connectivity index (χ1) is 7.25. The average molecular weight is 261 g/mol. The molecule has 1 aromatic rings. The van der Waals surface area contributed by atoms with Gasteiger partial charge in [0.2, 0.25) is 0 Å². The third kappa shape index (κ3) is 3.03. The fraction of sp³-hybridized carbons (Fsp3) is 0.300. The smallest absolute Gasteiger partial charge is 0.0815 e. The van der Waals surface area contributed by atoms with Crippen LogP contribution in [0.2, 0.25) is 10.0 Å². The molecule has 1 aromatic carbocycles. The predicted octanol–water partition coefficient (Wildman–Crippen LogP) is 3.33. The SMILES string of the molecule is Clc1ccc(C=NN2CCSC2)c(Cl)c1. The first kappa shape index (κ1) is 11.1. The van der Waals surface area contributed by atoms with Gasteiger partial charge in [0.1, 0.15) is 0 Å². The van der Waals surface area contributed by atoms with Gasteiger partial charge in [0.05, 0.1) is 17.1 Å². The minimum atomic E-state index is 0.637. The van der Waals surface area contributed by atoms with E-state index in [2.05, 4.69) is 5.10 Å². The molecule has 0 aromatic heterocycles. The summed E-state index contributed by atoms with van der Waals surface area (Å²) in [5.74, 6) is 2.10. The van der Waals surface area contributed by atoms with Crippen LogP contribution in [-0.2, 0) is 0 Å². The molecule has 15 heavy (non-hydrogen) atoms. The Bertz CT molecular complexity index is 376. The molecule has 0 atom stereocenters. The summed E-state index contributed by atoms with van der Waals surface area (Å²) >= 11 is 13.7. The largest absolute Gasteiger partial charge is 0.286 e. The van der Waals surface area contributed by atoms with Crippen molar-refractivity contribution in [1.82, 2.24) is 5.01 Å². The number of benzene rings is 1. The highest BCUT2D eigenvalue weighted by Gasteiger charge is 2.08. The van der Waals surface area contributed by atoms with Crippen LogP contribution < -0.4 is 0 Å². The molecule has 0 saturated carbocycles. The van der Waals surface area contributed by atoms with E-state index in [4.69, 9.17) is 23.2 Å². The molecule has 0 amide bonds. The summed E-state index contributed by atoms with van der Waals surface area (Å²) in [5, 5.41) is 7.65. The van der Waals surface area contributed by atoms with Crippen LogP contribution in [0, 0.1) is 0 Å². The quantitative estimate of drug-likeness (QED) is 0.759. The van der Waals surface area contributed by atoms with Gasteiger partial charge in [-0.1, -0.05) is 29.3 Å². The van der Waals surface area contributed by atoms with Crippen molar-refractivity contribution in [1.29, 1.82) is 0 Å². The Morgan fingerprint density at radius 2 is 2.27 bits per heavy atom. The first-order valence-electron chi connectivity index (χ1n) is 4.57. The van der Waals surface area contributed by atoms with Gasteiger partial charge < -0.3 is 0 Å². The van der Waals surface area contributed by atoms with Crippen molar-refractivity contribution in [2.75, 3.05) is 18.2 Å². The van der Waals surface area contributed by atoms with E-state index in [1.165, 1.54) is 0 Å². The van der Waals surface area contributed by atoms with Crippen molar-refractivity contribution >= 4 is 41.2 Å². The molecule has 1 fully saturated rings. The number of thioether (sulfide) groups is 1. The summed E-state index contributed by atoms with van der Waals surface area (Å²) in [6, 6.07) is 5.41. The molecule has 80 valence electrons. The monoisotopic (exact) mass is 260 g/mol. The Morgan fingerprint density at radius 3 is 2.93 bits per heavy atom. The molecule has 1 saturated heterocycles. The zero-order chi connectivity index (χ0) is 10.7. The summed E-state index contributed by atoms with van der Waals surface area (Å²) < 4.78 is 0. The molecule has 0 N–H and O–H groups in total. The summed E-state index contributed by atoms with van der Waals surface area (Å²) in [6.07, 6.45) is 1.78. The fourth-order valence-electron chi connectivity index (χ4n) is 1.25. The second-order valence-corrected chi connectivity index (χ2v) is 5.10. The van der Waals surface area contributed by atoms with E-state index in [0.29, 0.717) is 10.0 Å². The summed E-state index contributed by atoms with van der Waals surface area (Å²) in [7, 11) is 0. The number of hydrogen-bond acceptors (Lipinski definition) is 3. The van der Waals surface area contributed by atoms with Crippen LogP contribution in [0.1, 0.15) is 5.56 Å². The Morgan fingerprint density at radius 1 is 1.40 bits per heavy atom. The summed E-state index contributed by atoms with van der Waals surface area (Å²) in [5.41, 5.74) is 0.901. The lowest BCUT2D eigenvalue weighted by molar-refractivity contribution is 0.381. The van der Waals surface area contributed by atoms with Crippen molar-refractivity contribution < 1.29 is 0 Å². The highest BCUT2D eigenvalue weighted by Crippen LogP contribution is 2.20. The van der Waals surface area contributed by atoms with Gasteiger partial charge in [0.25, 0.3) is 0 Å². The number of halogens is 2. The van der Waals surface area contributed by atoms with Crippen molar-refractivity contribution in [3.8, 4) is 0 Å². The van der Waals surface area contributed by atoms with E-state index in [1.54, 1.807) is 12.3 Å². The van der Waals surface area contributed by atoms with Crippen molar-refractivity contribution in [3.05, 3.63) is 33.8 Å². The van der Waals surface area contributed by atoms with Gasteiger partial charge in [-0.2, -0.15) is 5.10 Å². The zero-order valence-electron chi connectivity index (χ0n) is 7.99. The fourth-order valence-corrected chi connectivity index (χ4v) is 2.58. The topological polar surface area (TPSA) is 15.6 Å². The second kappa shape index (κ2) is 5.10. The minimum absolute atomic E-state index is 0.637. The molecule has 2 rings (SSSR count). The molecular weight excluding hydrogens is 251 g/mol. The van der Waals surface area contributed by atoms with E-state index in [9.17, 15) is 0 Å². The Balaban J connectivity index is 2.09. The molecule has 0 bridgehead atoms. The molecule has 5 heteroatoms. The third-order valence-electron chi connectivity index (χ3n) is 2.06. The molecule has 0 radical (unpaired) electrons. The summed E-state index contributed by atoms with van der Waals surface area (Å²) in [6.45, 7) is 1.01. The van der Waals surface area contributed by atoms with Gasteiger partial charge >= 0.3 is 0 Å². The van der Waals surface area contributed by atoms with Gasteiger partial charge in [-0.25, -0.2) is 0 Å². The lowest BCUT2D eigenvalue weighted by Gasteiger charge is -2.08. The van der Waals surface area contributed by atoms with Crippen LogP contribution in [0.3, 0.4) is 0 Å². The predicted molar refractivity (Wildman–Crippen MR) is 68.1 cm³/mol. The molecule has 1 heterocycles. The normalized spacial score (nSPS) is 16.5. The molecule has 2 nitrogen and oxygen atoms in total. The van der Waals surface area contributed by atoms with E-state index in [0.717, 1.165) is 23.7 Å². The summed E-state index contributed by atoms with van der Waals surface area (Å²) in [4.78, 5) is 0. The lowest BCUT2D eigenvalue weighted by atomic mass is 10.2.